The van der Waals surface area contributed by atoms with Crippen molar-refractivity contribution in [1.29, 1.82) is 0 Å². The van der Waals surface area contributed by atoms with E-state index in [1.165, 1.54) is 4.90 Å². The van der Waals surface area contributed by atoms with E-state index in [1.807, 2.05) is 13.0 Å². The minimum atomic E-state index is -4.14. The molecule has 0 aromatic carbocycles. The lowest BCUT2D eigenvalue weighted by molar-refractivity contribution is -0.132. The Morgan fingerprint density at radius 3 is 2.67 bits per heavy atom. The molecule has 0 spiro atoms. The summed E-state index contributed by atoms with van der Waals surface area (Å²) >= 11 is 0. The van der Waals surface area contributed by atoms with Gasteiger partial charge in [-0.1, -0.05) is 6.07 Å². The number of halogens is 3. The molecule has 1 rings (SSSR count). The van der Waals surface area contributed by atoms with E-state index >= 15 is 0 Å². The van der Waals surface area contributed by atoms with Crippen molar-refractivity contribution in [3.63, 3.8) is 0 Å². The zero-order valence-corrected chi connectivity index (χ0v) is 10.8. The van der Waals surface area contributed by atoms with Crippen LogP contribution in [0.1, 0.15) is 24.9 Å². The molecule has 0 aliphatic heterocycles. The van der Waals surface area contributed by atoms with Crippen LogP contribution in [0.3, 0.4) is 0 Å². The summed E-state index contributed by atoms with van der Waals surface area (Å²) in [6.45, 7) is 1.85. The number of pyridine rings is 1. The van der Waals surface area contributed by atoms with Crippen LogP contribution in [0.5, 0.6) is 0 Å². The van der Waals surface area contributed by atoms with Gasteiger partial charge < -0.3 is 10.2 Å². The SMILES string of the molecule is CNC(C)c1cccnc1N(C)CCC(F)(F)F. The molecule has 0 bridgehead atoms. The van der Waals surface area contributed by atoms with E-state index in [0.29, 0.717) is 5.82 Å². The Balaban J connectivity index is 2.82. The number of alkyl halides is 3. The Labute approximate surface area is 105 Å². The minimum absolute atomic E-state index is 0.0436. The molecule has 1 heterocycles. The second-order valence-corrected chi connectivity index (χ2v) is 4.21. The predicted octanol–water partition coefficient (Wildman–Crippen LogP) is 2.75. The number of hydrogen-bond donors (Lipinski definition) is 1. The lowest BCUT2D eigenvalue weighted by Gasteiger charge is -2.24. The largest absolute Gasteiger partial charge is 0.390 e. The fourth-order valence-electron chi connectivity index (χ4n) is 1.62. The van der Waals surface area contributed by atoms with Crippen LogP contribution in [-0.2, 0) is 0 Å². The van der Waals surface area contributed by atoms with Crippen molar-refractivity contribution in [2.45, 2.75) is 25.6 Å². The van der Waals surface area contributed by atoms with Crippen LogP contribution in [-0.4, -0.2) is 31.8 Å². The zero-order chi connectivity index (χ0) is 13.8. The summed E-state index contributed by atoms with van der Waals surface area (Å²) in [5, 5.41) is 3.06. The highest BCUT2D eigenvalue weighted by Gasteiger charge is 2.27. The Hall–Kier alpha value is -1.30. The summed E-state index contributed by atoms with van der Waals surface area (Å²) in [4.78, 5) is 5.71. The highest BCUT2D eigenvalue weighted by atomic mass is 19.4. The highest BCUT2D eigenvalue weighted by molar-refractivity contribution is 5.47. The average Bonchev–Trinajstić information content (AvgIpc) is 2.34. The Kier molecular flexibility index (Phi) is 4.95. The molecule has 3 nitrogen and oxygen atoms in total. The highest BCUT2D eigenvalue weighted by Crippen LogP contribution is 2.25. The monoisotopic (exact) mass is 261 g/mol. The summed E-state index contributed by atoms with van der Waals surface area (Å²) in [5.41, 5.74) is 0.893. The van der Waals surface area contributed by atoms with Crippen molar-refractivity contribution in [2.75, 3.05) is 25.5 Å². The van der Waals surface area contributed by atoms with Gasteiger partial charge in [-0.15, -0.1) is 0 Å². The molecule has 1 aromatic heterocycles. The smallest absolute Gasteiger partial charge is 0.359 e. The maximum Gasteiger partial charge on any atom is 0.390 e. The van der Waals surface area contributed by atoms with Crippen LogP contribution < -0.4 is 10.2 Å². The van der Waals surface area contributed by atoms with Crippen molar-refractivity contribution in [1.82, 2.24) is 10.3 Å². The van der Waals surface area contributed by atoms with Crippen LogP contribution >= 0.6 is 0 Å². The van der Waals surface area contributed by atoms with Gasteiger partial charge in [0.05, 0.1) is 6.42 Å². The molecule has 1 atom stereocenters. The molecular formula is C12H18F3N3. The van der Waals surface area contributed by atoms with Crippen molar-refractivity contribution < 1.29 is 13.2 Å². The van der Waals surface area contributed by atoms with Gasteiger partial charge in [0.2, 0.25) is 0 Å². The molecule has 0 aliphatic carbocycles. The van der Waals surface area contributed by atoms with Crippen LogP contribution in [0.4, 0.5) is 19.0 Å². The number of hydrogen-bond acceptors (Lipinski definition) is 3. The van der Waals surface area contributed by atoms with Gasteiger partial charge in [-0.2, -0.15) is 13.2 Å². The van der Waals surface area contributed by atoms with Crippen LogP contribution in [0, 0.1) is 0 Å². The van der Waals surface area contributed by atoms with Crippen molar-refractivity contribution in [2.24, 2.45) is 0 Å². The standard InChI is InChI=1S/C12H18F3N3/c1-9(16-2)10-5-4-7-17-11(10)18(3)8-6-12(13,14)15/h4-5,7,9,16H,6,8H2,1-3H3. The lowest BCUT2D eigenvalue weighted by atomic mass is 10.1. The first-order valence-electron chi connectivity index (χ1n) is 5.75. The maximum atomic E-state index is 12.2. The van der Waals surface area contributed by atoms with E-state index < -0.39 is 12.6 Å². The first-order chi connectivity index (χ1) is 8.35. The van der Waals surface area contributed by atoms with Gasteiger partial charge in [0, 0.05) is 31.4 Å². The van der Waals surface area contributed by atoms with Crippen LogP contribution in [0.2, 0.25) is 0 Å². The third kappa shape index (κ3) is 4.18. The molecule has 6 heteroatoms. The van der Waals surface area contributed by atoms with E-state index in [9.17, 15) is 13.2 Å². The summed E-state index contributed by atoms with van der Waals surface area (Å²) in [5.74, 6) is 0.587. The number of anilines is 1. The molecule has 1 aromatic rings. The molecule has 0 saturated carbocycles. The second-order valence-electron chi connectivity index (χ2n) is 4.21. The fraction of sp³-hybridized carbons (Fsp3) is 0.583. The second kappa shape index (κ2) is 6.04. The first kappa shape index (κ1) is 14.8. The Morgan fingerprint density at radius 2 is 2.11 bits per heavy atom. The summed E-state index contributed by atoms with van der Waals surface area (Å²) < 4.78 is 36.6. The quantitative estimate of drug-likeness (QED) is 0.883. The van der Waals surface area contributed by atoms with Gasteiger partial charge in [-0.3, -0.25) is 0 Å². The van der Waals surface area contributed by atoms with Gasteiger partial charge in [0.1, 0.15) is 5.82 Å². The van der Waals surface area contributed by atoms with E-state index in [2.05, 4.69) is 10.3 Å². The zero-order valence-electron chi connectivity index (χ0n) is 10.8. The number of rotatable bonds is 5. The summed E-state index contributed by atoms with van der Waals surface area (Å²) in [6.07, 6.45) is -3.39. The average molecular weight is 261 g/mol. The van der Waals surface area contributed by atoms with Crippen molar-refractivity contribution in [3.05, 3.63) is 23.9 Å². The van der Waals surface area contributed by atoms with Gasteiger partial charge in [-0.25, -0.2) is 4.98 Å². The maximum absolute atomic E-state index is 12.2. The van der Waals surface area contributed by atoms with Gasteiger partial charge in [-0.05, 0) is 20.0 Å². The predicted molar refractivity (Wildman–Crippen MR) is 65.7 cm³/mol. The van der Waals surface area contributed by atoms with Gasteiger partial charge >= 0.3 is 6.18 Å². The van der Waals surface area contributed by atoms with Gasteiger partial charge in [0.25, 0.3) is 0 Å². The molecule has 0 fully saturated rings. The molecule has 0 radical (unpaired) electrons. The Bertz CT molecular complexity index is 379. The molecule has 0 amide bonds. The normalized spacial score (nSPS) is 13.4. The summed E-state index contributed by atoms with van der Waals surface area (Å²) in [6, 6.07) is 3.69. The van der Waals surface area contributed by atoms with Crippen LogP contribution in [0.25, 0.3) is 0 Å². The Morgan fingerprint density at radius 1 is 1.44 bits per heavy atom. The number of nitrogens with zero attached hydrogens (tertiary/aromatic N) is 2. The topological polar surface area (TPSA) is 28.2 Å². The molecular weight excluding hydrogens is 243 g/mol. The third-order valence-electron chi connectivity index (χ3n) is 2.81. The van der Waals surface area contributed by atoms with Gasteiger partial charge in [0.15, 0.2) is 0 Å². The molecule has 18 heavy (non-hydrogen) atoms. The molecule has 1 unspecified atom stereocenters. The first-order valence-corrected chi connectivity index (χ1v) is 5.75. The molecule has 0 aliphatic rings. The third-order valence-corrected chi connectivity index (χ3v) is 2.81. The van der Waals surface area contributed by atoms with E-state index in [4.69, 9.17) is 0 Å². The fourth-order valence-corrected chi connectivity index (χ4v) is 1.62. The minimum Gasteiger partial charge on any atom is -0.359 e. The van der Waals surface area contributed by atoms with E-state index in [-0.39, 0.29) is 12.6 Å². The lowest BCUT2D eigenvalue weighted by Crippen LogP contribution is -2.27. The molecule has 0 saturated heterocycles. The van der Waals surface area contributed by atoms with E-state index in [1.54, 1.807) is 26.4 Å². The number of aromatic nitrogens is 1. The molecule has 1 N–H and O–H groups in total. The van der Waals surface area contributed by atoms with Crippen molar-refractivity contribution in [3.8, 4) is 0 Å². The molecule has 102 valence electrons. The summed E-state index contributed by atoms with van der Waals surface area (Å²) in [7, 11) is 3.43. The van der Waals surface area contributed by atoms with Crippen molar-refractivity contribution >= 4 is 5.82 Å². The van der Waals surface area contributed by atoms with Crippen LogP contribution in [0.15, 0.2) is 18.3 Å². The number of nitrogens with one attached hydrogen (secondary N) is 1. The van der Waals surface area contributed by atoms with E-state index in [0.717, 1.165) is 5.56 Å².